The van der Waals surface area contributed by atoms with E-state index >= 15 is 0 Å². The van der Waals surface area contributed by atoms with Crippen molar-refractivity contribution in [2.24, 2.45) is 17.0 Å². The number of nitrogens with two attached hydrogens (primary N) is 1. The molecule has 6 aromatic rings. The SMILES string of the molecule is CC(C)(C)OC(=O)N1C[C@@H](CCC(Nc2cccc(S(=O)(=O)NC(=O)c3ccc(C(C)(C)C)nc3Cl)n2)c2ccccn2)CC1(C)C.CC(C)(C)OC(=O)N1C[C@@H](CCC(Nc2cccc(S(N)(=O)=O)n2)c2ccccn2)CC1(C)C.CC(C)(C)c1ccc(C(=O)O)c(Cl)n1. The fourth-order valence-electron chi connectivity index (χ4n) is 10.9. The quantitative estimate of drug-likeness (QED) is 0.0530. The summed E-state index contributed by atoms with van der Waals surface area (Å²) in [6, 6.07) is 26.3. The molecule has 2 saturated heterocycles. The summed E-state index contributed by atoms with van der Waals surface area (Å²) in [7, 11) is -8.26. The molecule has 6 aromatic heterocycles. The van der Waals surface area contributed by atoms with E-state index in [0.717, 1.165) is 49.2 Å². The number of carboxylic acids is 1. The number of aromatic nitrogens is 6. The standard InChI is InChI=1S/C34H45ClN6O5S.C24H35N5O4S.C10H12ClNO2/c1-32(2,3)26-18-16-23(29(35)38-26)30(42)40-47(44,45)28-14-11-13-27(39-28)37-25(24-12-9-10-19-36-24)17-15-22-20-34(7,8)41(21-22)31(43)46-33(4,5)6;1-23(2,3)33-22(30)29-16-17(15-24(29,4)5)12-13-19(18-9-6-7-14-26-18)27-20-10-8-11-21(28-20)34(25,31)32;1-10(2,3)7-5-4-6(9(13)14)8(11)12-7/h9-14,16,18-19,22,25H,15,17,20-21H2,1-8H3,(H,37,39)(H,40,42);6-11,14,17,19H,12-13,15-16H2,1-5H3,(H,27,28)(H2,25,31,32);4-5H,1-3H3,(H,13,14)/t22-,25?;17-,19?;/m00./s1. The highest BCUT2D eigenvalue weighted by Gasteiger charge is 2.44. The van der Waals surface area contributed by atoms with Crippen LogP contribution in [0.3, 0.4) is 0 Å². The Labute approximate surface area is 569 Å². The van der Waals surface area contributed by atoms with E-state index in [-0.39, 0.29) is 83.6 Å². The number of likely N-dealkylation sites (tertiary alicyclic amines) is 2. The number of anilines is 2. The number of carboxylic acid groups (broad SMARTS) is 1. The minimum Gasteiger partial charge on any atom is -0.478 e. The van der Waals surface area contributed by atoms with Crippen LogP contribution in [0.1, 0.15) is 205 Å². The Hall–Kier alpha value is -7.58. The molecule has 6 N–H and O–H groups in total. The van der Waals surface area contributed by atoms with Crippen molar-refractivity contribution in [1.29, 1.82) is 0 Å². The molecule has 3 amide bonds. The number of hydrogen-bond acceptors (Lipinski definition) is 18. The van der Waals surface area contributed by atoms with E-state index in [1.54, 1.807) is 53.7 Å². The molecule has 516 valence electrons. The van der Waals surface area contributed by atoms with Gasteiger partial charge in [0.1, 0.15) is 33.1 Å². The second-order valence-corrected chi connectivity index (χ2v) is 32.9. The van der Waals surface area contributed by atoms with Crippen molar-refractivity contribution in [2.45, 2.75) is 205 Å². The number of ether oxygens (including phenoxy) is 2. The molecule has 0 spiro atoms. The van der Waals surface area contributed by atoms with Crippen molar-refractivity contribution in [3.63, 3.8) is 0 Å². The summed E-state index contributed by atoms with van der Waals surface area (Å²) in [6.07, 6.45) is 7.46. The van der Waals surface area contributed by atoms with Gasteiger partial charge in [0, 0.05) is 58.8 Å². The first-order valence-corrected chi connectivity index (χ1v) is 35.1. The maximum Gasteiger partial charge on any atom is 0.410 e. The number of sulfonamides is 2. The highest BCUT2D eigenvalue weighted by molar-refractivity contribution is 7.90. The zero-order valence-electron chi connectivity index (χ0n) is 57.1. The molecule has 2 unspecified atom stereocenters. The maximum absolute atomic E-state index is 13.3. The zero-order valence-corrected chi connectivity index (χ0v) is 60.3. The second-order valence-electron chi connectivity index (χ2n) is 29.1. The zero-order chi connectivity index (χ0) is 70.9. The number of nitrogens with zero attached hydrogens (tertiary/aromatic N) is 8. The third-order valence-electron chi connectivity index (χ3n) is 15.6. The molecular formula is C68H92Cl2N12O11S2. The summed E-state index contributed by atoms with van der Waals surface area (Å²) >= 11 is 12.0. The molecule has 0 saturated carbocycles. The Morgan fingerprint density at radius 1 is 0.579 bits per heavy atom. The lowest BCUT2D eigenvalue weighted by Gasteiger charge is -2.33. The summed E-state index contributed by atoms with van der Waals surface area (Å²) in [5.74, 6) is -0.743. The fraction of sp³-hybridized carbons (Fsp3) is 0.500. The number of pyridine rings is 6. The molecule has 0 aromatic carbocycles. The van der Waals surface area contributed by atoms with E-state index in [2.05, 4.69) is 59.1 Å². The molecule has 95 heavy (non-hydrogen) atoms. The number of nitrogens with one attached hydrogen (secondary N) is 3. The van der Waals surface area contributed by atoms with Crippen LogP contribution in [0.2, 0.25) is 10.3 Å². The minimum absolute atomic E-state index is 0.0414. The van der Waals surface area contributed by atoms with Gasteiger partial charge in [-0.2, -0.15) is 8.42 Å². The molecular weight excluding hydrogens is 1300 g/mol. The molecule has 23 nitrogen and oxygen atoms in total. The number of aromatic carboxylic acids is 1. The molecule has 0 bridgehead atoms. The van der Waals surface area contributed by atoms with Crippen molar-refractivity contribution in [2.75, 3.05) is 23.7 Å². The van der Waals surface area contributed by atoms with Crippen molar-refractivity contribution in [3.8, 4) is 0 Å². The van der Waals surface area contributed by atoms with Crippen molar-refractivity contribution >= 4 is 78.9 Å². The number of carbonyl (C=O) groups is 4. The third-order valence-corrected chi connectivity index (χ3v) is 18.2. The Morgan fingerprint density at radius 2 is 0.979 bits per heavy atom. The third kappa shape index (κ3) is 22.5. The monoisotopic (exact) mass is 1390 g/mol. The summed E-state index contributed by atoms with van der Waals surface area (Å²) in [4.78, 5) is 78.8. The molecule has 2 aliphatic rings. The summed E-state index contributed by atoms with van der Waals surface area (Å²) in [5, 5.41) is 20.1. The maximum atomic E-state index is 13.3. The predicted octanol–water partition coefficient (Wildman–Crippen LogP) is 13.7. The highest BCUT2D eigenvalue weighted by Crippen LogP contribution is 2.40. The Balaban J connectivity index is 0.000000258. The lowest BCUT2D eigenvalue weighted by molar-refractivity contribution is 0.0118. The van der Waals surface area contributed by atoms with E-state index in [0.29, 0.717) is 42.8 Å². The van der Waals surface area contributed by atoms with Crippen LogP contribution < -0.4 is 20.5 Å². The van der Waals surface area contributed by atoms with Gasteiger partial charge < -0.3 is 35.0 Å². The van der Waals surface area contributed by atoms with E-state index in [1.165, 1.54) is 24.3 Å². The van der Waals surface area contributed by atoms with Crippen LogP contribution in [0.15, 0.2) is 120 Å². The average molecular weight is 1390 g/mol. The lowest BCUT2D eigenvalue weighted by atomic mass is 9.91. The van der Waals surface area contributed by atoms with Crippen LogP contribution in [0.25, 0.3) is 0 Å². The van der Waals surface area contributed by atoms with Crippen LogP contribution in [0.4, 0.5) is 21.2 Å². The molecule has 8 heterocycles. The first kappa shape index (κ1) is 76.4. The molecule has 4 atom stereocenters. The van der Waals surface area contributed by atoms with Crippen LogP contribution in [-0.4, -0.2) is 121 Å². The molecule has 2 fully saturated rings. The van der Waals surface area contributed by atoms with Gasteiger partial charge in [-0.25, -0.2) is 52.6 Å². The van der Waals surface area contributed by atoms with Gasteiger partial charge in [-0.05, 0) is 192 Å². The largest absolute Gasteiger partial charge is 0.478 e. The Bertz CT molecular complexity index is 3900. The minimum atomic E-state index is -4.35. The normalized spacial score (nSPS) is 17.0. The lowest BCUT2D eigenvalue weighted by Crippen LogP contribution is -2.45. The Kier molecular flexibility index (Phi) is 24.7. The summed E-state index contributed by atoms with van der Waals surface area (Å²) < 4.78 is 63.3. The summed E-state index contributed by atoms with van der Waals surface area (Å²) in [6.45, 7) is 32.4. The van der Waals surface area contributed by atoms with E-state index in [9.17, 15) is 36.0 Å². The fourth-order valence-corrected chi connectivity index (χ4v) is 12.8. The van der Waals surface area contributed by atoms with Crippen LogP contribution >= 0.6 is 23.2 Å². The van der Waals surface area contributed by atoms with Crippen LogP contribution in [0, 0.1) is 11.8 Å². The van der Waals surface area contributed by atoms with Crippen LogP contribution in [0.5, 0.6) is 0 Å². The smallest absolute Gasteiger partial charge is 0.410 e. The second kappa shape index (κ2) is 30.7. The molecule has 0 radical (unpaired) electrons. The van der Waals surface area contributed by atoms with E-state index in [4.69, 9.17) is 42.9 Å². The van der Waals surface area contributed by atoms with Gasteiger partial charge >= 0.3 is 18.2 Å². The highest BCUT2D eigenvalue weighted by atomic mass is 35.5. The van der Waals surface area contributed by atoms with Gasteiger partial charge in [-0.3, -0.25) is 14.8 Å². The molecule has 27 heteroatoms. The number of rotatable bonds is 17. The van der Waals surface area contributed by atoms with E-state index < -0.39 is 43.1 Å². The van der Waals surface area contributed by atoms with Gasteiger partial charge in [-0.1, -0.05) is 89.0 Å². The number of halogens is 2. The van der Waals surface area contributed by atoms with Crippen molar-refractivity contribution in [3.05, 3.63) is 154 Å². The van der Waals surface area contributed by atoms with Crippen molar-refractivity contribution < 1.29 is 50.6 Å². The number of hydrogen-bond donors (Lipinski definition) is 5. The van der Waals surface area contributed by atoms with Gasteiger partial charge in [0.05, 0.1) is 34.6 Å². The molecule has 0 aliphatic carbocycles. The number of amides is 3. The average Bonchev–Trinajstić information content (AvgIpc) is 1.76. The topological polar surface area (TPSA) is 321 Å². The Morgan fingerprint density at radius 3 is 1.34 bits per heavy atom. The number of primary sulfonamides is 1. The van der Waals surface area contributed by atoms with E-state index in [1.807, 2.05) is 138 Å². The van der Waals surface area contributed by atoms with Gasteiger partial charge in [-0.15, -0.1) is 0 Å². The van der Waals surface area contributed by atoms with Crippen molar-refractivity contribution in [1.82, 2.24) is 44.4 Å². The van der Waals surface area contributed by atoms with Crippen LogP contribution in [-0.2, 0) is 40.4 Å². The first-order chi connectivity index (χ1) is 43.8. The molecule has 8 rings (SSSR count). The molecule has 2 aliphatic heterocycles. The first-order valence-electron chi connectivity index (χ1n) is 31.3. The van der Waals surface area contributed by atoms with Gasteiger partial charge in [0.25, 0.3) is 26.0 Å². The predicted molar refractivity (Wildman–Crippen MR) is 367 cm³/mol. The number of carbonyl (C=O) groups excluding carboxylic acids is 3. The van der Waals surface area contributed by atoms with Gasteiger partial charge in [0.2, 0.25) is 0 Å². The summed E-state index contributed by atoms with van der Waals surface area (Å²) in [5.41, 5.74) is 0.809. The van der Waals surface area contributed by atoms with Gasteiger partial charge in [0.15, 0.2) is 10.1 Å².